The first-order chi connectivity index (χ1) is 13.0. The van der Waals surface area contributed by atoms with Gasteiger partial charge in [0.25, 0.3) is 6.17 Å². The van der Waals surface area contributed by atoms with Gasteiger partial charge >= 0.3 is 11.3 Å². The Labute approximate surface area is 164 Å². The predicted octanol–water partition coefficient (Wildman–Crippen LogP) is 3.01. The maximum atomic E-state index is 12.9. The second-order valence-electron chi connectivity index (χ2n) is 6.09. The summed E-state index contributed by atoms with van der Waals surface area (Å²) in [5.41, 5.74) is 2.15. The van der Waals surface area contributed by atoms with E-state index in [1.165, 1.54) is 18.7 Å². The van der Waals surface area contributed by atoms with Gasteiger partial charge < -0.3 is 0 Å². The summed E-state index contributed by atoms with van der Waals surface area (Å²) in [6, 6.07) is 14.7. The molecular weight excluding hydrogens is 384 g/mol. The van der Waals surface area contributed by atoms with Gasteiger partial charge in [0.05, 0.1) is 11.3 Å². The number of halogens is 1. The van der Waals surface area contributed by atoms with Crippen molar-refractivity contribution in [2.45, 2.75) is 18.2 Å². The lowest BCUT2D eigenvalue weighted by atomic mass is 10.0. The second-order valence-corrected chi connectivity index (χ2v) is 7.32. The highest BCUT2D eigenvalue weighted by atomic mass is 35.5. The molecule has 0 fully saturated rings. The lowest BCUT2D eigenvalue weighted by Crippen LogP contribution is -2.60. The number of carbonyl (C=O) groups is 1. The molecular formula is C19H16ClN4O2S+. The van der Waals surface area contributed by atoms with Crippen molar-refractivity contribution < 1.29 is 9.48 Å². The number of aromatic amines is 1. The van der Waals surface area contributed by atoms with Gasteiger partial charge in [0.15, 0.2) is 0 Å². The summed E-state index contributed by atoms with van der Waals surface area (Å²) in [6.45, 7) is 1.50. The van der Waals surface area contributed by atoms with E-state index < -0.39 is 6.17 Å². The number of benzene rings is 2. The van der Waals surface area contributed by atoms with Crippen LogP contribution in [0, 0.1) is 0 Å². The van der Waals surface area contributed by atoms with Crippen LogP contribution in [0.3, 0.4) is 0 Å². The molecule has 136 valence electrons. The minimum absolute atomic E-state index is 0.154. The molecule has 4 rings (SSSR count). The minimum Gasteiger partial charge on any atom is -0.291 e. The number of carbonyl (C=O) groups excluding carboxylic acids is 1. The van der Waals surface area contributed by atoms with E-state index in [-0.39, 0.29) is 11.5 Å². The zero-order valence-corrected chi connectivity index (χ0v) is 16.2. The number of hydrogen-bond acceptors (Lipinski definition) is 4. The summed E-state index contributed by atoms with van der Waals surface area (Å²) in [4.78, 5) is 30.0. The summed E-state index contributed by atoms with van der Waals surface area (Å²) >= 11 is 7.52. The third kappa shape index (κ3) is 2.93. The van der Waals surface area contributed by atoms with Crippen LogP contribution in [0.25, 0.3) is 11.3 Å². The first-order valence-corrected chi connectivity index (χ1v) is 9.86. The summed E-state index contributed by atoms with van der Waals surface area (Å²) in [5.74, 6) is -0.154. The Kier molecular flexibility index (Phi) is 4.49. The molecule has 0 radical (unpaired) electrons. The number of nitrogens with one attached hydrogen (secondary N) is 1. The highest BCUT2D eigenvalue weighted by Gasteiger charge is 2.44. The largest absolute Gasteiger partial charge is 0.325 e. The van der Waals surface area contributed by atoms with Crippen molar-refractivity contribution in [1.82, 2.24) is 10.1 Å². The lowest BCUT2D eigenvalue weighted by Gasteiger charge is -2.31. The van der Waals surface area contributed by atoms with E-state index in [4.69, 9.17) is 11.6 Å². The summed E-state index contributed by atoms with van der Waals surface area (Å²) < 4.78 is 1.61. The molecule has 0 saturated heterocycles. The van der Waals surface area contributed by atoms with Crippen LogP contribution in [-0.2, 0) is 4.79 Å². The fourth-order valence-corrected chi connectivity index (χ4v) is 3.89. The number of thioether (sulfide) groups is 1. The van der Waals surface area contributed by atoms with E-state index in [1.807, 2.05) is 36.6 Å². The van der Waals surface area contributed by atoms with Crippen molar-refractivity contribution in [3.05, 3.63) is 69.5 Å². The normalized spacial score (nSPS) is 15.2. The maximum Gasteiger partial charge on any atom is 0.325 e. The molecule has 1 aliphatic rings. The third-order valence-electron chi connectivity index (χ3n) is 4.44. The zero-order chi connectivity index (χ0) is 19.1. The second kappa shape index (κ2) is 6.83. The Morgan fingerprint density at radius 1 is 1.26 bits per heavy atom. The van der Waals surface area contributed by atoms with Crippen LogP contribution in [-0.4, -0.2) is 22.2 Å². The molecule has 3 aromatic rings. The van der Waals surface area contributed by atoms with Crippen LogP contribution >= 0.6 is 23.4 Å². The number of aromatic nitrogens is 3. The topological polar surface area (TPSA) is 69.9 Å². The van der Waals surface area contributed by atoms with Crippen molar-refractivity contribution in [2.75, 3.05) is 11.2 Å². The molecule has 1 amide bonds. The van der Waals surface area contributed by atoms with Crippen molar-refractivity contribution in [3.8, 4) is 11.3 Å². The SMILES string of the molecule is CSc1n[n+]2c(c(=O)[nH]1)-c1cc(Cl)ccc1N(C(C)=O)C2c1ccccc1. The fourth-order valence-electron chi connectivity index (χ4n) is 3.35. The summed E-state index contributed by atoms with van der Waals surface area (Å²) in [5, 5.41) is 5.55. The first-order valence-electron chi connectivity index (χ1n) is 8.26. The zero-order valence-electron chi connectivity index (χ0n) is 14.6. The van der Waals surface area contributed by atoms with E-state index in [0.29, 0.717) is 27.1 Å². The van der Waals surface area contributed by atoms with Gasteiger partial charge in [0.2, 0.25) is 11.1 Å². The Bertz CT molecular complexity index is 1100. The molecule has 1 aromatic heterocycles. The molecule has 1 N–H and O–H groups in total. The number of fused-ring (bicyclic) bond motifs is 3. The van der Waals surface area contributed by atoms with Crippen molar-refractivity contribution in [2.24, 2.45) is 0 Å². The standard InChI is InChI=1S/C19H15ClN4O2S/c1-11(25)23-15-9-8-13(20)10-14(15)16-17(26)21-19(27-2)22-24(16)18(23)12-6-4-3-5-7-12/h3-10,18H,1-2H3/p+1. The Morgan fingerprint density at radius 3 is 2.67 bits per heavy atom. The number of hydrogen-bond donors (Lipinski definition) is 1. The Hall–Kier alpha value is -2.64. The molecule has 8 heteroatoms. The molecule has 27 heavy (non-hydrogen) atoms. The monoisotopic (exact) mass is 399 g/mol. The summed E-state index contributed by atoms with van der Waals surface area (Å²) in [6.07, 6.45) is 1.26. The maximum absolute atomic E-state index is 12.9. The van der Waals surface area contributed by atoms with Crippen LogP contribution in [0.4, 0.5) is 5.69 Å². The first kappa shape index (κ1) is 17.8. The third-order valence-corrected chi connectivity index (χ3v) is 5.25. The highest BCUT2D eigenvalue weighted by molar-refractivity contribution is 7.98. The summed E-state index contributed by atoms with van der Waals surface area (Å²) in [7, 11) is 0. The van der Waals surface area contributed by atoms with Gasteiger partial charge in [-0.15, -0.1) is 0 Å². The van der Waals surface area contributed by atoms with Gasteiger partial charge in [-0.25, -0.2) is 4.90 Å². The number of H-pyrrole nitrogens is 1. The van der Waals surface area contributed by atoms with Crippen LogP contribution in [0.1, 0.15) is 18.7 Å². The predicted molar refractivity (Wildman–Crippen MR) is 105 cm³/mol. The Morgan fingerprint density at radius 2 is 2.00 bits per heavy atom. The number of amides is 1. The molecule has 0 bridgehead atoms. The average Bonchev–Trinajstić information content (AvgIpc) is 2.66. The molecule has 0 spiro atoms. The number of anilines is 1. The van der Waals surface area contributed by atoms with E-state index in [9.17, 15) is 9.59 Å². The fraction of sp³-hybridized carbons (Fsp3) is 0.158. The van der Waals surface area contributed by atoms with E-state index in [1.54, 1.807) is 27.8 Å². The molecule has 1 atom stereocenters. The van der Waals surface area contributed by atoms with Gasteiger partial charge in [0, 0.05) is 22.6 Å². The molecule has 2 aromatic carbocycles. The quantitative estimate of drug-likeness (QED) is 0.531. The van der Waals surface area contributed by atoms with E-state index in [0.717, 1.165) is 5.56 Å². The van der Waals surface area contributed by atoms with Crippen LogP contribution in [0.15, 0.2) is 58.5 Å². The molecule has 6 nitrogen and oxygen atoms in total. The van der Waals surface area contributed by atoms with Crippen LogP contribution in [0.5, 0.6) is 0 Å². The number of nitrogens with zero attached hydrogens (tertiary/aromatic N) is 3. The van der Waals surface area contributed by atoms with Gasteiger partial charge in [-0.2, -0.15) is 0 Å². The minimum atomic E-state index is -0.569. The molecule has 1 unspecified atom stereocenters. The van der Waals surface area contributed by atoms with Crippen molar-refractivity contribution in [1.29, 1.82) is 0 Å². The lowest BCUT2D eigenvalue weighted by molar-refractivity contribution is -0.763. The molecule has 0 saturated carbocycles. The van der Waals surface area contributed by atoms with E-state index >= 15 is 0 Å². The van der Waals surface area contributed by atoms with Crippen molar-refractivity contribution >= 4 is 35.0 Å². The molecule has 0 aliphatic carbocycles. The Balaban J connectivity index is 2.11. The van der Waals surface area contributed by atoms with Gasteiger partial charge in [0.1, 0.15) is 0 Å². The van der Waals surface area contributed by atoms with Crippen LogP contribution in [0.2, 0.25) is 5.02 Å². The van der Waals surface area contributed by atoms with E-state index in [2.05, 4.69) is 10.1 Å². The van der Waals surface area contributed by atoms with Gasteiger partial charge in [-0.3, -0.25) is 14.6 Å². The number of rotatable bonds is 2. The van der Waals surface area contributed by atoms with Crippen LogP contribution < -0.4 is 15.1 Å². The van der Waals surface area contributed by atoms with Gasteiger partial charge in [-0.05, 0) is 29.1 Å². The highest BCUT2D eigenvalue weighted by Crippen LogP contribution is 2.38. The smallest absolute Gasteiger partial charge is 0.291 e. The van der Waals surface area contributed by atoms with Crippen molar-refractivity contribution in [3.63, 3.8) is 0 Å². The van der Waals surface area contributed by atoms with Gasteiger partial charge in [-0.1, -0.05) is 53.7 Å². The average molecular weight is 400 g/mol. The molecule has 1 aliphatic heterocycles. The molecule has 2 heterocycles.